The predicted octanol–water partition coefficient (Wildman–Crippen LogP) is 3.22. The van der Waals surface area contributed by atoms with Gasteiger partial charge in [0, 0.05) is 6.42 Å². The Bertz CT molecular complexity index is 412. The maximum atomic E-state index is 3.39. The van der Waals surface area contributed by atoms with Crippen molar-refractivity contribution >= 4 is 10.8 Å². The first-order valence-electron chi connectivity index (χ1n) is 4.69. The van der Waals surface area contributed by atoms with Gasteiger partial charge in [0.15, 0.2) is 0 Å². The summed E-state index contributed by atoms with van der Waals surface area (Å²) in [7, 11) is 0. The third-order valence-electron chi connectivity index (χ3n) is 2.68. The van der Waals surface area contributed by atoms with Crippen LogP contribution in [0.1, 0.15) is 17.5 Å². The van der Waals surface area contributed by atoms with Crippen LogP contribution in [0.25, 0.3) is 10.8 Å². The Labute approximate surface area is 78.2 Å². The zero-order valence-corrected chi connectivity index (χ0v) is 7.38. The molecule has 62 valence electrons. The van der Waals surface area contributed by atoms with Gasteiger partial charge in [-0.2, -0.15) is 0 Å². The summed E-state index contributed by atoms with van der Waals surface area (Å²) in [6, 6.07) is 13.1. The van der Waals surface area contributed by atoms with Crippen LogP contribution in [0.15, 0.2) is 36.4 Å². The van der Waals surface area contributed by atoms with Gasteiger partial charge in [0.05, 0.1) is 0 Å². The molecule has 13 heavy (non-hydrogen) atoms. The minimum Gasteiger partial charge on any atom is -0.0616 e. The van der Waals surface area contributed by atoms with Gasteiger partial charge >= 0.3 is 0 Å². The molecular formula is C13H10. The maximum absolute atomic E-state index is 3.39. The van der Waals surface area contributed by atoms with E-state index in [-0.39, 0.29) is 0 Å². The lowest BCUT2D eigenvalue weighted by Crippen LogP contribution is -1.81. The predicted molar refractivity (Wildman–Crippen MR) is 54.6 cm³/mol. The van der Waals surface area contributed by atoms with E-state index in [1.165, 1.54) is 28.3 Å². The van der Waals surface area contributed by atoms with Crippen LogP contribution in [-0.2, 0) is 6.42 Å². The normalized spacial score (nSPS) is 14.8. The highest BCUT2D eigenvalue weighted by molar-refractivity contribution is 5.84. The van der Waals surface area contributed by atoms with Crippen molar-refractivity contribution in [1.82, 2.24) is 0 Å². The van der Waals surface area contributed by atoms with Crippen LogP contribution in [0.2, 0.25) is 0 Å². The van der Waals surface area contributed by atoms with Crippen LogP contribution in [0.5, 0.6) is 0 Å². The molecule has 1 aliphatic rings. The van der Waals surface area contributed by atoms with Gasteiger partial charge < -0.3 is 0 Å². The van der Waals surface area contributed by atoms with E-state index in [2.05, 4.69) is 42.8 Å². The first-order chi connectivity index (χ1) is 6.43. The molecule has 2 radical (unpaired) electrons. The van der Waals surface area contributed by atoms with Crippen LogP contribution in [-0.4, -0.2) is 0 Å². The first kappa shape index (κ1) is 7.14. The van der Waals surface area contributed by atoms with E-state index in [0.717, 1.165) is 6.42 Å². The quantitative estimate of drug-likeness (QED) is 0.563. The molecule has 3 rings (SSSR count). The zero-order valence-electron chi connectivity index (χ0n) is 7.38. The lowest BCUT2D eigenvalue weighted by Gasteiger charge is -2.01. The lowest BCUT2D eigenvalue weighted by molar-refractivity contribution is 1.04. The molecule has 0 N–H and O–H groups in total. The average molecular weight is 166 g/mol. The fourth-order valence-corrected chi connectivity index (χ4v) is 1.99. The second-order valence-corrected chi connectivity index (χ2v) is 3.53. The van der Waals surface area contributed by atoms with Crippen LogP contribution in [0.4, 0.5) is 0 Å². The molecule has 0 saturated heterocycles. The highest BCUT2D eigenvalue weighted by Crippen LogP contribution is 2.28. The van der Waals surface area contributed by atoms with Crippen molar-refractivity contribution in [2.24, 2.45) is 0 Å². The molecule has 0 unspecified atom stereocenters. The topological polar surface area (TPSA) is 0 Å². The number of rotatable bonds is 0. The van der Waals surface area contributed by atoms with Crippen molar-refractivity contribution < 1.29 is 0 Å². The number of benzene rings is 2. The summed E-state index contributed by atoms with van der Waals surface area (Å²) in [5.74, 6) is 0. The van der Waals surface area contributed by atoms with E-state index >= 15 is 0 Å². The van der Waals surface area contributed by atoms with Crippen LogP contribution in [0, 0.1) is 6.42 Å². The molecule has 0 atom stereocenters. The van der Waals surface area contributed by atoms with Gasteiger partial charge in [-0.05, 0) is 34.7 Å². The average Bonchev–Trinajstić information content (AvgIpc) is 2.61. The summed E-state index contributed by atoms with van der Waals surface area (Å²) < 4.78 is 0. The van der Waals surface area contributed by atoms with Crippen molar-refractivity contribution in [3.05, 3.63) is 53.9 Å². The van der Waals surface area contributed by atoms with Gasteiger partial charge in [-0.1, -0.05) is 36.4 Å². The molecule has 0 heteroatoms. The second-order valence-electron chi connectivity index (χ2n) is 3.53. The Hall–Kier alpha value is -1.30. The molecular weight excluding hydrogens is 156 g/mol. The number of hydrogen-bond donors (Lipinski definition) is 0. The van der Waals surface area contributed by atoms with E-state index in [1.54, 1.807) is 0 Å². The van der Waals surface area contributed by atoms with Gasteiger partial charge in [-0.25, -0.2) is 0 Å². The van der Waals surface area contributed by atoms with Crippen molar-refractivity contribution in [2.75, 3.05) is 0 Å². The Morgan fingerprint density at radius 1 is 1.00 bits per heavy atom. The van der Waals surface area contributed by atoms with Gasteiger partial charge in [-0.15, -0.1) is 0 Å². The van der Waals surface area contributed by atoms with Crippen molar-refractivity contribution in [2.45, 2.75) is 12.8 Å². The van der Waals surface area contributed by atoms with Gasteiger partial charge in [0.25, 0.3) is 0 Å². The van der Waals surface area contributed by atoms with Crippen LogP contribution < -0.4 is 0 Å². The third-order valence-corrected chi connectivity index (χ3v) is 2.68. The Morgan fingerprint density at radius 3 is 2.62 bits per heavy atom. The monoisotopic (exact) mass is 166 g/mol. The van der Waals surface area contributed by atoms with Gasteiger partial charge in [0.1, 0.15) is 0 Å². The molecule has 0 bridgehead atoms. The van der Waals surface area contributed by atoms with E-state index in [1.807, 2.05) is 0 Å². The zero-order chi connectivity index (χ0) is 8.67. The smallest absolute Gasteiger partial charge is 0.0171 e. The lowest BCUT2D eigenvalue weighted by atomic mass is 10.0. The highest BCUT2D eigenvalue weighted by Gasteiger charge is 2.11. The van der Waals surface area contributed by atoms with E-state index in [4.69, 9.17) is 0 Å². The summed E-state index contributed by atoms with van der Waals surface area (Å²) in [5, 5.41) is 2.68. The van der Waals surface area contributed by atoms with Crippen LogP contribution in [0.3, 0.4) is 0 Å². The summed E-state index contributed by atoms with van der Waals surface area (Å²) >= 11 is 0. The van der Waals surface area contributed by atoms with Gasteiger partial charge in [-0.3, -0.25) is 0 Å². The standard InChI is InChI=1S/C13H10/c1-2-5-11-9-13-7-3-6-12(13)8-10(11)4-1/h1-2,4-5,8-9H,3,6H2. The van der Waals surface area contributed by atoms with Crippen molar-refractivity contribution in [3.63, 3.8) is 0 Å². The molecule has 0 amide bonds. The SMILES string of the molecule is [C]1CCc2cc3ccccc3cc21. The number of aryl methyl sites for hydroxylation is 1. The first-order valence-corrected chi connectivity index (χ1v) is 4.69. The maximum Gasteiger partial charge on any atom is 0.0171 e. The Morgan fingerprint density at radius 2 is 1.77 bits per heavy atom. The number of fused-ring (bicyclic) bond motifs is 2. The second kappa shape index (κ2) is 2.59. The van der Waals surface area contributed by atoms with Gasteiger partial charge in [0.2, 0.25) is 0 Å². The molecule has 2 aromatic carbocycles. The molecule has 0 aromatic heterocycles. The Kier molecular flexibility index (Phi) is 1.42. The molecule has 0 nitrogen and oxygen atoms in total. The summed E-state index contributed by atoms with van der Waals surface area (Å²) in [4.78, 5) is 0. The van der Waals surface area contributed by atoms with E-state index in [0.29, 0.717) is 0 Å². The summed E-state index contributed by atoms with van der Waals surface area (Å²) in [5.41, 5.74) is 2.78. The fourth-order valence-electron chi connectivity index (χ4n) is 1.99. The molecule has 0 fully saturated rings. The molecule has 0 aliphatic heterocycles. The fraction of sp³-hybridized carbons (Fsp3) is 0.154. The van der Waals surface area contributed by atoms with Crippen molar-refractivity contribution in [1.29, 1.82) is 0 Å². The van der Waals surface area contributed by atoms with Crippen molar-refractivity contribution in [3.8, 4) is 0 Å². The molecule has 0 spiro atoms. The Balaban J connectivity index is 2.36. The van der Waals surface area contributed by atoms with E-state index in [9.17, 15) is 0 Å². The van der Waals surface area contributed by atoms with E-state index < -0.39 is 0 Å². The minimum absolute atomic E-state index is 1.09. The largest absolute Gasteiger partial charge is 0.0616 e. The molecule has 0 saturated carbocycles. The minimum atomic E-state index is 1.09. The summed E-state index contributed by atoms with van der Waals surface area (Å²) in [6.07, 6.45) is 5.65. The highest BCUT2D eigenvalue weighted by atomic mass is 14.2. The van der Waals surface area contributed by atoms with Crippen LogP contribution >= 0.6 is 0 Å². The molecule has 0 heterocycles. The molecule has 2 aromatic rings. The third kappa shape index (κ3) is 1.06. The summed E-state index contributed by atoms with van der Waals surface area (Å²) in [6.45, 7) is 0. The number of hydrogen-bond acceptors (Lipinski definition) is 0. The molecule has 1 aliphatic carbocycles.